The number of ether oxygens (including phenoxy) is 4. The van der Waals surface area contributed by atoms with Crippen LogP contribution in [-0.2, 0) is 13.0 Å². The molecule has 0 aliphatic rings. The van der Waals surface area contributed by atoms with Crippen molar-refractivity contribution in [2.45, 2.75) is 20.0 Å². The van der Waals surface area contributed by atoms with Gasteiger partial charge in [0.2, 0.25) is 0 Å². The molecule has 2 aromatic carbocycles. The van der Waals surface area contributed by atoms with E-state index in [4.69, 9.17) is 18.9 Å². The summed E-state index contributed by atoms with van der Waals surface area (Å²) in [6, 6.07) is 11.5. The molecule has 10 heteroatoms. The number of benzene rings is 2. The molecular weight excluding hydrogens is 454 g/mol. The maximum Gasteiger partial charge on any atom is 0.276 e. The van der Waals surface area contributed by atoms with Gasteiger partial charge in [-0.2, -0.15) is 0 Å². The summed E-state index contributed by atoms with van der Waals surface area (Å²) in [6.07, 6.45) is 3.60. The van der Waals surface area contributed by atoms with Crippen LogP contribution in [0.4, 0.5) is 5.69 Å². The molecule has 1 amide bonds. The van der Waals surface area contributed by atoms with Crippen LogP contribution < -0.4 is 24.3 Å². The molecule has 0 radical (unpaired) electrons. The van der Waals surface area contributed by atoms with Crippen molar-refractivity contribution < 1.29 is 28.7 Å². The van der Waals surface area contributed by atoms with Gasteiger partial charge in [0.1, 0.15) is 6.61 Å². The number of rotatable bonds is 12. The number of methoxy groups -OCH3 is 2. The Kier molecular flexibility index (Phi) is 8.82. The second-order valence-corrected chi connectivity index (χ2v) is 7.34. The zero-order chi connectivity index (χ0) is 25.2. The highest BCUT2D eigenvalue weighted by Crippen LogP contribution is 2.34. The van der Waals surface area contributed by atoms with E-state index in [1.807, 2.05) is 19.1 Å². The van der Waals surface area contributed by atoms with E-state index in [1.165, 1.54) is 20.3 Å². The second kappa shape index (κ2) is 12.2. The van der Waals surface area contributed by atoms with E-state index in [-0.39, 0.29) is 30.3 Å². The van der Waals surface area contributed by atoms with Crippen LogP contribution in [0.1, 0.15) is 28.4 Å². The predicted molar refractivity (Wildman–Crippen MR) is 128 cm³/mol. The maximum atomic E-state index is 12.7. The Balaban J connectivity index is 1.67. The number of amides is 1. The molecule has 35 heavy (non-hydrogen) atoms. The summed E-state index contributed by atoms with van der Waals surface area (Å²) in [7, 11) is 2.86. The zero-order valence-electron chi connectivity index (χ0n) is 19.8. The van der Waals surface area contributed by atoms with Crippen molar-refractivity contribution >= 4 is 11.6 Å². The van der Waals surface area contributed by atoms with Gasteiger partial charge in [0, 0.05) is 30.1 Å². The van der Waals surface area contributed by atoms with Gasteiger partial charge in [0.05, 0.1) is 31.8 Å². The first-order valence-corrected chi connectivity index (χ1v) is 10.9. The summed E-state index contributed by atoms with van der Waals surface area (Å²) in [6.45, 7) is 2.76. The highest BCUT2D eigenvalue weighted by molar-refractivity contribution is 5.94. The third-order valence-corrected chi connectivity index (χ3v) is 5.11. The molecule has 1 heterocycles. The maximum absolute atomic E-state index is 12.7. The Morgan fingerprint density at radius 3 is 2.34 bits per heavy atom. The SMILES string of the molecule is CCOc1cc(C(=O)NCCc2cc(OC)c(OC)cc2[N+](=O)[O-])ccc1OCc1ccncc1. The van der Waals surface area contributed by atoms with E-state index in [1.54, 1.807) is 36.7 Å². The van der Waals surface area contributed by atoms with Gasteiger partial charge in [-0.05, 0) is 55.3 Å². The highest BCUT2D eigenvalue weighted by atomic mass is 16.6. The molecule has 1 N–H and O–H groups in total. The number of nitrogens with one attached hydrogen (secondary N) is 1. The van der Waals surface area contributed by atoms with Gasteiger partial charge in [-0.25, -0.2) is 0 Å². The van der Waals surface area contributed by atoms with Crippen LogP contribution >= 0.6 is 0 Å². The molecule has 0 bridgehead atoms. The molecule has 0 saturated heterocycles. The summed E-state index contributed by atoms with van der Waals surface area (Å²) >= 11 is 0. The number of hydrogen-bond acceptors (Lipinski definition) is 8. The largest absolute Gasteiger partial charge is 0.493 e. The summed E-state index contributed by atoms with van der Waals surface area (Å²) in [4.78, 5) is 27.7. The lowest BCUT2D eigenvalue weighted by molar-refractivity contribution is -0.385. The van der Waals surface area contributed by atoms with E-state index in [0.717, 1.165) is 5.56 Å². The third kappa shape index (κ3) is 6.59. The Hall–Kier alpha value is -4.34. The third-order valence-electron chi connectivity index (χ3n) is 5.11. The van der Waals surface area contributed by atoms with Crippen LogP contribution in [0.2, 0.25) is 0 Å². The topological polar surface area (TPSA) is 122 Å². The molecule has 0 fully saturated rings. The van der Waals surface area contributed by atoms with Gasteiger partial charge >= 0.3 is 0 Å². The van der Waals surface area contributed by atoms with E-state index < -0.39 is 4.92 Å². The Morgan fingerprint density at radius 2 is 1.69 bits per heavy atom. The number of carbonyl (C=O) groups is 1. The van der Waals surface area contributed by atoms with Gasteiger partial charge in [-0.3, -0.25) is 19.9 Å². The first kappa shape index (κ1) is 25.3. The fourth-order valence-electron chi connectivity index (χ4n) is 3.37. The van der Waals surface area contributed by atoms with Gasteiger partial charge in [-0.1, -0.05) is 0 Å². The predicted octanol–water partition coefficient (Wildman–Crippen LogP) is 3.96. The fourth-order valence-corrected chi connectivity index (χ4v) is 3.37. The minimum atomic E-state index is -0.488. The first-order chi connectivity index (χ1) is 17.0. The Labute approximate surface area is 203 Å². The van der Waals surface area contributed by atoms with Crippen LogP contribution in [0.5, 0.6) is 23.0 Å². The summed E-state index contributed by atoms with van der Waals surface area (Å²) < 4.78 is 21.9. The van der Waals surface area contributed by atoms with Crippen LogP contribution in [0, 0.1) is 10.1 Å². The molecule has 3 rings (SSSR count). The van der Waals surface area contributed by atoms with Crippen molar-refractivity contribution in [1.82, 2.24) is 10.3 Å². The van der Waals surface area contributed by atoms with E-state index in [2.05, 4.69) is 10.3 Å². The van der Waals surface area contributed by atoms with Crippen LogP contribution in [0.15, 0.2) is 54.9 Å². The number of nitro groups is 1. The van der Waals surface area contributed by atoms with Crippen molar-refractivity contribution in [3.8, 4) is 23.0 Å². The van der Waals surface area contributed by atoms with Gasteiger partial charge < -0.3 is 24.3 Å². The molecule has 1 aromatic heterocycles. The lowest BCUT2D eigenvalue weighted by Gasteiger charge is -2.14. The first-order valence-electron chi connectivity index (χ1n) is 10.9. The monoisotopic (exact) mass is 481 g/mol. The number of nitro benzene ring substituents is 1. The molecule has 0 saturated carbocycles. The molecule has 0 unspecified atom stereocenters. The molecule has 3 aromatic rings. The molecule has 0 aliphatic heterocycles. The average molecular weight is 482 g/mol. The van der Waals surface area contributed by atoms with E-state index >= 15 is 0 Å². The number of hydrogen-bond donors (Lipinski definition) is 1. The van der Waals surface area contributed by atoms with Crippen molar-refractivity contribution in [2.75, 3.05) is 27.4 Å². The highest BCUT2D eigenvalue weighted by Gasteiger charge is 2.20. The zero-order valence-corrected chi connectivity index (χ0v) is 19.8. The number of aromatic nitrogens is 1. The minimum absolute atomic E-state index is 0.105. The van der Waals surface area contributed by atoms with Gasteiger partial charge in [-0.15, -0.1) is 0 Å². The van der Waals surface area contributed by atoms with E-state index in [9.17, 15) is 14.9 Å². The van der Waals surface area contributed by atoms with Crippen LogP contribution in [0.3, 0.4) is 0 Å². The molecule has 0 atom stereocenters. The number of nitrogens with zero attached hydrogens (tertiary/aromatic N) is 2. The fraction of sp³-hybridized carbons (Fsp3) is 0.280. The van der Waals surface area contributed by atoms with Crippen molar-refractivity contribution in [3.63, 3.8) is 0 Å². The van der Waals surface area contributed by atoms with Crippen molar-refractivity contribution in [2.24, 2.45) is 0 Å². The Bertz CT molecular complexity index is 1170. The second-order valence-electron chi connectivity index (χ2n) is 7.34. The summed E-state index contributed by atoms with van der Waals surface area (Å²) in [5.74, 6) is 1.27. The molecule has 10 nitrogen and oxygen atoms in total. The summed E-state index contributed by atoms with van der Waals surface area (Å²) in [5.41, 5.74) is 1.65. The van der Waals surface area contributed by atoms with Gasteiger partial charge in [0.25, 0.3) is 11.6 Å². The van der Waals surface area contributed by atoms with Crippen molar-refractivity contribution in [1.29, 1.82) is 0 Å². The normalized spacial score (nSPS) is 10.4. The standard InChI is InChI=1S/C25H27N3O7/c1-4-34-24-14-19(5-6-21(24)35-16-17-7-10-26-11-8-17)25(29)27-12-9-18-13-22(32-2)23(33-3)15-20(18)28(30)31/h5-8,10-11,13-15H,4,9,12,16H2,1-3H3,(H,27,29). The van der Waals surface area contributed by atoms with Gasteiger partial charge in [0.15, 0.2) is 23.0 Å². The summed E-state index contributed by atoms with van der Waals surface area (Å²) in [5, 5.41) is 14.3. The van der Waals surface area contributed by atoms with Crippen LogP contribution in [-0.4, -0.2) is 43.2 Å². The van der Waals surface area contributed by atoms with Crippen LogP contribution in [0.25, 0.3) is 0 Å². The Morgan fingerprint density at radius 1 is 0.971 bits per heavy atom. The minimum Gasteiger partial charge on any atom is -0.493 e. The smallest absolute Gasteiger partial charge is 0.276 e. The molecule has 184 valence electrons. The molecule has 0 aliphatic carbocycles. The molecule has 0 spiro atoms. The lowest BCUT2D eigenvalue weighted by Crippen LogP contribution is -2.26. The van der Waals surface area contributed by atoms with E-state index in [0.29, 0.717) is 41.6 Å². The number of pyridine rings is 1. The lowest BCUT2D eigenvalue weighted by atomic mass is 10.1. The average Bonchev–Trinajstić information content (AvgIpc) is 2.88. The quantitative estimate of drug-likeness (QED) is 0.305. The molecular formula is C25H27N3O7. The number of carbonyl (C=O) groups excluding carboxylic acids is 1. The van der Waals surface area contributed by atoms with Crippen molar-refractivity contribution in [3.05, 3.63) is 81.7 Å².